The molecule has 5 atom stereocenters. The molecule has 1 fully saturated rings. The number of aliphatic hydroxyl groups excluding tert-OH is 3. The zero-order chi connectivity index (χ0) is 8.59. The Morgan fingerprint density at radius 2 is 1.73 bits per heavy atom. The van der Waals surface area contributed by atoms with E-state index in [0.717, 1.165) is 0 Å². The first kappa shape index (κ1) is 8.89. The Labute approximate surface area is 64.4 Å². The van der Waals surface area contributed by atoms with E-state index in [-0.39, 0.29) is 0 Å². The highest BCUT2D eigenvalue weighted by Gasteiger charge is 2.39. The lowest BCUT2D eigenvalue weighted by Crippen LogP contribution is -2.60. The van der Waals surface area contributed by atoms with Gasteiger partial charge in [0.25, 0.3) is 0 Å². The first-order chi connectivity index (χ1) is 5.04. The van der Waals surface area contributed by atoms with Crippen LogP contribution in [-0.4, -0.2) is 46.0 Å². The van der Waals surface area contributed by atoms with Crippen molar-refractivity contribution in [2.75, 3.05) is 0 Å². The molecule has 11 heavy (non-hydrogen) atoms. The summed E-state index contributed by atoms with van der Waals surface area (Å²) in [5, 5.41) is 27.3. The normalized spacial score (nSPS) is 52.6. The van der Waals surface area contributed by atoms with Gasteiger partial charge in [0, 0.05) is 0 Å². The first-order valence-electron chi connectivity index (χ1n) is 3.49. The molecule has 0 radical (unpaired) electrons. The molecule has 0 amide bonds. The van der Waals surface area contributed by atoms with Gasteiger partial charge in [0.15, 0.2) is 6.29 Å². The van der Waals surface area contributed by atoms with Crippen molar-refractivity contribution in [3.8, 4) is 0 Å². The van der Waals surface area contributed by atoms with Crippen molar-refractivity contribution in [1.82, 2.24) is 0 Å². The molecule has 0 spiro atoms. The third-order valence-corrected chi connectivity index (χ3v) is 1.92. The second-order valence-corrected chi connectivity index (χ2v) is 2.79. The van der Waals surface area contributed by atoms with E-state index in [2.05, 4.69) is 0 Å². The highest BCUT2D eigenvalue weighted by Crippen LogP contribution is 2.17. The van der Waals surface area contributed by atoms with Gasteiger partial charge in [-0.05, 0) is 6.92 Å². The van der Waals surface area contributed by atoms with Gasteiger partial charge in [0.05, 0.1) is 18.2 Å². The molecule has 1 aliphatic rings. The number of ether oxygens (including phenoxy) is 1. The van der Waals surface area contributed by atoms with Crippen molar-refractivity contribution < 1.29 is 20.1 Å². The van der Waals surface area contributed by atoms with Crippen LogP contribution in [-0.2, 0) is 4.74 Å². The van der Waals surface area contributed by atoms with Crippen LogP contribution in [0.5, 0.6) is 0 Å². The summed E-state index contributed by atoms with van der Waals surface area (Å²) in [6, 6.07) is -0.839. The van der Waals surface area contributed by atoms with E-state index in [0.29, 0.717) is 0 Å². The smallest absolute Gasteiger partial charge is 0.182 e. The largest absolute Gasteiger partial charge is 0.389 e. The molecule has 0 aromatic carbocycles. The lowest BCUT2D eigenvalue weighted by atomic mass is 9.98. The summed E-state index contributed by atoms with van der Waals surface area (Å²) in [6.45, 7) is 1.58. The molecule has 1 saturated heterocycles. The zero-order valence-corrected chi connectivity index (χ0v) is 6.21. The Kier molecular flexibility index (Phi) is 2.46. The SMILES string of the molecule is C[C@H]1O[C@H](O)[C@H](O)[C@@H](N)[C@@H]1O. The predicted molar refractivity (Wildman–Crippen MR) is 36.5 cm³/mol. The van der Waals surface area contributed by atoms with Gasteiger partial charge in [-0.3, -0.25) is 0 Å². The standard InChI is InChI=1S/C6H13NO4/c1-2-4(8)3(7)5(9)6(10)11-2/h2-6,8-10H,7H2,1H3/t2-,3+,4-,5-,6+/m1/s1. The van der Waals surface area contributed by atoms with Gasteiger partial charge in [0.1, 0.15) is 6.10 Å². The van der Waals surface area contributed by atoms with Crippen LogP contribution in [0.25, 0.3) is 0 Å². The fourth-order valence-electron chi connectivity index (χ4n) is 1.09. The number of aliphatic hydroxyl groups is 3. The average Bonchev–Trinajstić information content (AvgIpc) is 1.97. The van der Waals surface area contributed by atoms with Gasteiger partial charge < -0.3 is 25.8 Å². The highest BCUT2D eigenvalue weighted by molar-refractivity contribution is 4.89. The Morgan fingerprint density at radius 1 is 1.18 bits per heavy atom. The summed E-state index contributed by atoms with van der Waals surface area (Å²) in [5.41, 5.74) is 5.36. The molecule has 0 bridgehead atoms. The van der Waals surface area contributed by atoms with Crippen LogP contribution < -0.4 is 5.73 Å². The third-order valence-electron chi connectivity index (χ3n) is 1.92. The summed E-state index contributed by atoms with van der Waals surface area (Å²) in [7, 11) is 0. The van der Waals surface area contributed by atoms with Crippen molar-refractivity contribution in [2.24, 2.45) is 5.73 Å². The molecule has 1 heterocycles. The minimum Gasteiger partial charge on any atom is -0.389 e. The number of rotatable bonds is 0. The van der Waals surface area contributed by atoms with E-state index in [1.54, 1.807) is 6.92 Å². The van der Waals surface area contributed by atoms with E-state index < -0.39 is 30.6 Å². The quantitative estimate of drug-likeness (QED) is 0.324. The van der Waals surface area contributed by atoms with Crippen molar-refractivity contribution in [3.05, 3.63) is 0 Å². The average molecular weight is 163 g/mol. The fraction of sp³-hybridized carbons (Fsp3) is 1.00. The predicted octanol–water partition coefficient (Wildman–Crippen LogP) is -2.23. The molecule has 5 nitrogen and oxygen atoms in total. The number of hydrogen-bond acceptors (Lipinski definition) is 5. The topological polar surface area (TPSA) is 95.9 Å². The molecular formula is C6H13NO4. The first-order valence-corrected chi connectivity index (χ1v) is 3.49. The summed E-state index contributed by atoms with van der Waals surface area (Å²) < 4.78 is 4.76. The molecule has 0 aromatic heterocycles. The van der Waals surface area contributed by atoms with Gasteiger partial charge in [-0.2, -0.15) is 0 Å². The van der Waals surface area contributed by atoms with Gasteiger partial charge in [-0.1, -0.05) is 0 Å². The summed E-state index contributed by atoms with van der Waals surface area (Å²) in [4.78, 5) is 0. The minimum atomic E-state index is -1.29. The summed E-state index contributed by atoms with van der Waals surface area (Å²) in [6.07, 6.45) is -3.96. The van der Waals surface area contributed by atoms with Crippen LogP contribution in [0.3, 0.4) is 0 Å². The maximum absolute atomic E-state index is 9.21. The monoisotopic (exact) mass is 163 g/mol. The van der Waals surface area contributed by atoms with Crippen LogP contribution in [0.4, 0.5) is 0 Å². The molecule has 0 saturated carbocycles. The van der Waals surface area contributed by atoms with Crippen LogP contribution >= 0.6 is 0 Å². The van der Waals surface area contributed by atoms with E-state index in [1.165, 1.54) is 0 Å². The van der Waals surface area contributed by atoms with Gasteiger partial charge in [-0.25, -0.2) is 0 Å². The number of nitrogens with two attached hydrogens (primary N) is 1. The Bertz CT molecular complexity index is 129. The highest BCUT2D eigenvalue weighted by atomic mass is 16.6. The molecule has 0 unspecified atom stereocenters. The molecule has 0 aliphatic carbocycles. The molecule has 0 aromatic rings. The third kappa shape index (κ3) is 1.52. The van der Waals surface area contributed by atoms with Gasteiger partial charge in [-0.15, -0.1) is 0 Å². The van der Waals surface area contributed by atoms with Crippen LogP contribution in [0, 0.1) is 0 Å². The van der Waals surface area contributed by atoms with Crippen LogP contribution in [0.1, 0.15) is 6.92 Å². The molecule has 1 aliphatic heterocycles. The van der Waals surface area contributed by atoms with Crippen LogP contribution in [0.15, 0.2) is 0 Å². The molecular weight excluding hydrogens is 150 g/mol. The minimum absolute atomic E-state index is 0.539. The van der Waals surface area contributed by atoms with Gasteiger partial charge in [0.2, 0.25) is 0 Å². The van der Waals surface area contributed by atoms with Crippen molar-refractivity contribution in [3.63, 3.8) is 0 Å². The number of hydrogen-bond donors (Lipinski definition) is 4. The Hall–Kier alpha value is -0.200. The Morgan fingerprint density at radius 3 is 2.27 bits per heavy atom. The second kappa shape index (κ2) is 3.04. The van der Waals surface area contributed by atoms with E-state index in [4.69, 9.17) is 20.7 Å². The lowest BCUT2D eigenvalue weighted by Gasteiger charge is -2.37. The lowest BCUT2D eigenvalue weighted by molar-refractivity contribution is -0.247. The zero-order valence-electron chi connectivity index (χ0n) is 6.21. The fourth-order valence-corrected chi connectivity index (χ4v) is 1.09. The molecule has 66 valence electrons. The van der Waals surface area contributed by atoms with Gasteiger partial charge >= 0.3 is 0 Å². The maximum atomic E-state index is 9.21. The maximum Gasteiger partial charge on any atom is 0.182 e. The van der Waals surface area contributed by atoms with Crippen LogP contribution in [0.2, 0.25) is 0 Å². The summed E-state index contributed by atoms with van der Waals surface area (Å²) in [5.74, 6) is 0. The summed E-state index contributed by atoms with van der Waals surface area (Å²) >= 11 is 0. The Balaban J connectivity index is 2.63. The van der Waals surface area contributed by atoms with E-state index in [9.17, 15) is 5.11 Å². The van der Waals surface area contributed by atoms with Crippen molar-refractivity contribution in [1.29, 1.82) is 0 Å². The molecule has 5 heteroatoms. The second-order valence-electron chi connectivity index (χ2n) is 2.79. The van der Waals surface area contributed by atoms with E-state index >= 15 is 0 Å². The van der Waals surface area contributed by atoms with Crippen molar-refractivity contribution >= 4 is 0 Å². The molecule has 5 N–H and O–H groups in total. The van der Waals surface area contributed by atoms with Crippen molar-refractivity contribution in [2.45, 2.75) is 37.6 Å². The van der Waals surface area contributed by atoms with E-state index in [1.807, 2.05) is 0 Å². The molecule has 1 rings (SSSR count).